The molecule has 2 rings (SSSR count). The van der Waals surface area contributed by atoms with E-state index in [9.17, 15) is 4.79 Å². The predicted molar refractivity (Wildman–Crippen MR) is 91.4 cm³/mol. The third-order valence-electron chi connectivity index (χ3n) is 3.10. The van der Waals surface area contributed by atoms with Gasteiger partial charge in [0.2, 0.25) is 11.7 Å². The van der Waals surface area contributed by atoms with Crippen LogP contribution >= 0.6 is 12.4 Å². The Bertz CT molecular complexity index is 598. The fourth-order valence-electron chi connectivity index (χ4n) is 1.90. The number of carbonyl (C=O) groups excluding carboxylic acids is 1. The number of nitrogens with zero attached hydrogens (tertiary/aromatic N) is 4. The molecule has 0 aliphatic heterocycles. The minimum atomic E-state index is -0.119. The molecule has 0 saturated carbocycles. The van der Waals surface area contributed by atoms with Gasteiger partial charge in [-0.15, -0.1) is 22.6 Å². The molecule has 7 nitrogen and oxygen atoms in total. The SMILES string of the molecule is CCCNCCNC(=O)Cn1nnc(-c2ccc(C)cc2)n1.Cl. The Hall–Kier alpha value is -1.99. The summed E-state index contributed by atoms with van der Waals surface area (Å²) in [5, 5.41) is 18.2. The molecule has 0 aliphatic rings. The summed E-state index contributed by atoms with van der Waals surface area (Å²) < 4.78 is 0. The van der Waals surface area contributed by atoms with Gasteiger partial charge in [-0.3, -0.25) is 4.79 Å². The lowest BCUT2D eigenvalue weighted by molar-refractivity contribution is -0.122. The number of tetrazole rings is 1. The van der Waals surface area contributed by atoms with E-state index < -0.39 is 0 Å². The fourth-order valence-corrected chi connectivity index (χ4v) is 1.90. The number of amides is 1. The first-order chi connectivity index (χ1) is 10.7. The summed E-state index contributed by atoms with van der Waals surface area (Å²) in [5.41, 5.74) is 2.06. The summed E-state index contributed by atoms with van der Waals surface area (Å²) in [7, 11) is 0. The van der Waals surface area contributed by atoms with Gasteiger partial charge in [-0.25, -0.2) is 0 Å². The highest BCUT2D eigenvalue weighted by molar-refractivity contribution is 5.85. The van der Waals surface area contributed by atoms with E-state index in [0.29, 0.717) is 12.4 Å². The molecule has 0 aliphatic carbocycles. The van der Waals surface area contributed by atoms with Crippen molar-refractivity contribution >= 4 is 18.3 Å². The van der Waals surface area contributed by atoms with Gasteiger partial charge in [0.1, 0.15) is 6.54 Å². The molecule has 2 aromatic rings. The Morgan fingerprint density at radius 2 is 1.91 bits per heavy atom. The third kappa shape index (κ3) is 6.33. The molecule has 0 atom stereocenters. The minimum absolute atomic E-state index is 0. The van der Waals surface area contributed by atoms with Crippen LogP contribution in [-0.4, -0.2) is 45.7 Å². The zero-order chi connectivity index (χ0) is 15.8. The molecule has 1 amide bonds. The largest absolute Gasteiger partial charge is 0.353 e. The van der Waals surface area contributed by atoms with Crippen LogP contribution in [0.3, 0.4) is 0 Å². The molecule has 0 radical (unpaired) electrons. The van der Waals surface area contributed by atoms with Crippen molar-refractivity contribution in [3.05, 3.63) is 29.8 Å². The number of carbonyl (C=O) groups is 1. The lowest BCUT2D eigenvalue weighted by Gasteiger charge is -2.05. The maximum Gasteiger partial charge on any atom is 0.243 e. The Balaban J connectivity index is 0.00000264. The standard InChI is InChI=1S/C15H22N6O.ClH/c1-3-8-16-9-10-17-14(22)11-21-19-15(18-20-21)13-6-4-12(2)5-7-13;/h4-7,16H,3,8-11H2,1-2H3,(H,17,22);1H. The Morgan fingerprint density at radius 3 is 2.61 bits per heavy atom. The highest BCUT2D eigenvalue weighted by Gasteiger charge is 2.08. The monoisotopic (exact) mass is 338 g/mol. The van der Waals surface area contributed by atoms with Crippen LogP contribution < -0.4 is 10.6 Å². The van der Waals surface area contributed by atoms with E-state index in [1.165, 1.54) is 10.4 Å². The highest BCUT2D eigenvalue weighted by atomic mass is 35.5. The van der Waals surface area contributed by atoms with E-state index in [0.717, 1.165) is 25.1 Å². The number of rotatable bonds is 8. The van der Waals surface area contributed by atoms with Crippen LogP contribution in [0.5, 0.6) is 0 Å². The molecule has 1 aromatic carbocycles. The molecule has 8 heteroatoms. The maximum atomic E-state index is 11.8. The summed E-state index contributed by atoms with van der Waals surface area (Å²) >= 11 is 0. The van der Waals surface area contributed by atoms with E-state index in [4.69, 9.17) is 0 Å². The average Bonchev–Trinajstić information content (AvgIpc) is 2.96. The second-order valence-corrected chi connectivity index (χ2v) is 5.11. The van der Waals surface area contributed by atoms with Crippen LogP contribution in [0.1, 0.15) is 18.9 Å². The number of aromatic nitrogens is 4. The topological polar surface area (TPSA) is 84.7 Å². The summed E-state index contributed by atoms with van der Waals surface area (Å²) in [4.78, 5) is 13.1. The Morgan fingerprint density at radius 1 is 1.17 bits per heavy atom. The van der Waals surface area contributed by atoms with Gasteiger partial charge in [-0.2, -0.15) is 4.80 Å². The molecule has 0 saturated heterocycles. The first kappa shape index (κ1) is 19.1. The normalized spacial score (nSPS) is 10.2. The summed E-state index contributed by atoms with van der Waals surface area (Å²) in [6, 6.07) is 7.87. The zero-order valence-corrected chi connectivity index (χ0v) is 14.3. The van der Waals surface area contributed by atoms with Gasteiger partial charge in [0, 0.05) is 18.7 Å². The van der Waals surface area contributed by atoms with Gasteiger partial charge in [-0.05, 0) is 25.1 Å². The summed E-state index contributed by atoms with van der Waals surface area (Å²) in [6.07, 6.45) is 1.08. The lowest BCUT2D eigenvalue weighted by Crippen LogP contribution is -2.34. The number of nitrogens with one attached hydrogen (secondary N) is 2. The number of hydrogen-bond acceptors (Lipinski definition) is 5. The first-order valence-corrected chi connectivity index (χ1v) is 7.51. The van der Waals surface area contributed by atoms with Crippen molar-refractivity contribution in [1.82, 2.24) is 30.8 Å². The summed E-state index contributed by atoms with van der Waals surface area (Å²) in [5.74, 6) is 0.406. The molecule has 126 valence electrons. The van der Waals surface area contributed by atoms with Gasteiger partial charge in [-0.1, -0.05) is 36.8 Å². The second-order valence-electron chi connectivity index (χ2n) is 5.11. The highest BCUT2D eigenvalue weighted by Crippen LogP contribution is 2.13. The molecule has 23 heavy (non-hydrogen) atoms. The maximum absolute atomic E-state index is 11.8. The van der Waals surface area contributed by atoms with Crippen LogP contribution in [0, 0.1) is 6.92 Å². The van der Waals surface area contributed by atoms with Crippen LogP contribution in [0.25, 0.3) is 11.4 Å². The molecule has 1 aromatic heterocycles. The number of halogens is 1. The fraction of sp³-hybridized carbons (Fsp3) is 0.467. The van der Waals surface area contributed by atoms with E-state index in [-0.39, 0.29) is 24.9 Å². The van der Waals surface area contributed by atoms with Crippen molar-refractivity contribution in [2.45, 2.75) is 26.8 Å². The van der Waals surface area contributed by atoms with Crippen molar-refractivity contribution in [3.63, 3.8) is 0 Å². The lowest BCUT2D eigenvalue weighted by atomic mass is 10.1. The van der Waals surface area contributed by atoms with Crippen LogP contribution in [-0.2, 0) is 11.3 Å². The molecular weight excluding hydrogens is 316 g/mol. The molecule has 0 unspecified atom stereocenters. The van der Waals surface area contributed by atoms with E-state index >= 15 is 0 Å². The zero-order valence-electron chi connectivity index (χ0n) is 13.5. The van der Waals surface area contributed by atoms with Crippen LogP contribution in [0.2, 0.25) is 0 Å². The Kier molecular flexibility index (Phi) is 8.21. The average molecular weight is 339 g/mol. The number of hydrogen-bond donors (Lipinski definition) is 2. The molecule has 0 bridgehead atoms. The first-order valence-electron chi connectivity index (χ1n) is 7.51. The Labute approximate surface area is 142 Å². The van der Waals surface area contributed by atoms with Gasteiger partial charge in [0.15, 0.2) is 0 Å². The molecule has 0 fully saturated rings. The summed E-state index contributed by atoms with van der Waals surface area (Å²) in [6.45, 7) is 6.52. The molecule has 0 spiro atoms. The van der Waals surface area contributed by atoms with E-state index in [1.807, 2.05) is 31.2 Å². The van der Waals surface area contributed by atoms with Crippen LogP contribution in [0.15, 0.2) is 24.3 Å². The molecular formula is C15H23ClN6O. The minimum Gasteiger partial charge on any atom is -0.353 e. The van der Waals surface area contributed by atoms with Gasteiger partial charge in [0.05, 0.1) is 0 Å². The smallest absolute Gasteiger partial charge is 0.243 e. The van der Waals surface area contributed by atoms with Crippen molar-refractivity contribution < 1.29 is 4.79 Å². The quantitative estimate of drug-likeness (QED) is 0.706. The van der Waals surface area contributed by atoms with Crippen molar-refractivity contribution in [3.8, 4) is 11.4 Å². The van der Waals surface area contributed by atoms with E-state index in [2.05, 4.69) is 33.0 Å². The predicted octanol–water partition coefficient (Wildman–Crippen LogP) is 1.19. The van der Waals surface area contributed by atoms with Gasteiger partial charge in [0.25, 0.3) is 0 Å². The van der Waals surface area contributed by atoms with Crippen LogP contribution in [0.4, 0.5) is 0 Å². The molecule has 1 heterocycles. The molecule has 2 N–H and O–H groups in total. The van der Waals surface area contributed by atoms with Crippen molar-refractivity contribution in [1.29, 1.82) is 0 Å². The van der Waals surface area contributed by atoms with Crippen molar-refractivity contribution in [2.75, 3.05) is 19.6 Å². The number of aryl methyl sites for hydroxylation is 1. The third-order valence-corrected chi connectivity index (χ3v) is 3.10. The van der Waals surface area contributed by atoms with Gasteiger partial charge < -0.3 is 10.6 Å². The van der Waals surface area contributed by atoms with Crippen molar-refractivity contribution in [2.24, 2.45) is 0 Å². The van der Waals surface area contributed by atoms with E-state index in [1.54, 1.807) is 0 Å². The number of benzene rings is 1. The van der Waals surface area contributed by atoms with Gasteiger partial charge >= 0.3 is 0 Å². The second kappa shape index (κ2) is 9.91.